The molecule has 2 heterocycles. The van der Waals surface area contributed by atoms with Crippen LogP contribution >= 0.6 is 22.9 Å². The molecule has 1 saturated heterocycles. The maximum absolute atomic E-state index is 12.7. The van der Waals surface area contributed by atoms with Crippen LogP contribution in [0.2, 0.25) is 5.02 Å². The largest absolute Gasteiger partial charge is 0.296 e. The lowest BCUT2D eigenvalue weighted by atomic mass is 10.2. The molecular weight excluding hydrogens is 444 g/mol. The summed E-state index contributed by atoms with van der Waals surface area (Å²) < 4.78 is 26.9. The minimum atomic E-state index is -3.52. The number of rotatable bonds is 5. The van der Waals surface area contributed by atoms with Gasteiger partial charge in [-0.15, -0.1) is 10.2 Å². The molecule has 0 radical (unpaired) electrons. The molecule has 0 saturated carbocycles. The molecule has 0 bridgehead atoms. The van der Waals surface area contributed by atoms with Crippen molar-refractivity contribution in [1.82, 2.24) is 14.5 Å². The van der Waals surface area contributed by atoms with Crippen LogP contribution in [-0.2, 0) is 10.0 Å². The van der Waals surface area contributed by atoms with E-state index < -0.39 is 10.0 Å². The van der Waals surface area contributed by atoms with Crippen molar-refractivity contribution in [2.75, 3.05) is 18.4 Å². The zero-order chi connectivity index (χ0) is 21.1. The van der Waals surface area contributed by atoms with E-state index in [1.54, 1.807) is 12.1 Å². The molecule has 1 aliphatic rings. The van der Waals surface area contributed by atoms with Crippen LogP contribution in [-0.4, -0.2) is 41.9 Å². The number of amides is 1. The fourth-order valence-electron chi connectivity index (χ4n) is 3.18. The number of anilines is 1. The van der Waals surface area contributed by atoms with Gasteiger partial charge in [-0.1, -0.05) is 41.5 Å². The Hall–Kier alpha value is -2.33. The smallest absolute Gasteiger partial charge is 0.257 e. The first-order chi connectivity index (χ1) is 14.4. The number of hydrogen-bond donors (Lipinski definition) is 1. The van der Waals surface area contributed by atoms with E-state index in [0.29, 0.717) is 33.8 Å². The van der Waals surface area contributed by atoms with E-state index in [0.717, 1.165) is 24.8 Å². The molecule has 0 unspecified atom stereocenters. The number of nitrogens with zero attached hydrogens (tertiary/aromatic N) is 3. The lowest BCUT2D eigenvalue weighted by Gasteiger charge is -2.25. The van der Waals surface area contributed by atoms with Crippen LogP contribution in [0.3, 0.4) is 0 Å². The zero-order valence-corrected chi connectivity index (χ0v) is 18.3. The molecule has 3 aromatic rings. The number of carbonyl (C=O) groups is 1. The molecule has 1 fully saturated rings. The van der Waals surface area contributed by atoms with Crippen molar-refractivity contribution in [2.24, 2.45) is 0 Å². The Balaban J connectivity index is 1.45. The van der Waals surface area contributed by atoms with Gasteiger partial charge < -0.3 is 0 Å². The predicted molar refractivity (Wildman–Crippen MR) is 117 cm³/mol. The summed E-state index contributed by atoms with van der Waals surface area (Å²) in [6, 6.07) is 13.1. The molecular formula is C20H19ClN4O3S2. The van der Waals surface area contributed by atoms with Gasteiger partial charge in [0, 0.05) is 29.2 Å². The van der Waals surface area contributed by atoms with Crippen molar-refractivity contribution in [3.8, 4) is 10.6 Å². The van der Waals surface area contributed by atoms with Gasteiger partial charge in [-0.2, -0.15) is 4.31 Å². The lowest BCUT2D eigenvalue weighted by Crippen LogP contribution is -2.35. The second kappa shape index (κ2) is 8.81. The lowest BCUT2D eigenvalue weighted by molar-refractivity contribution is 0.102. The zero-order valence-electron chi connectivity index (χ0n) is 15.9. The molecule has 1 aromatic heterocycles. The molecule has 4 rings (SSSR count). The Morgan fingerprint density at radius 3 is 2.30 bits per heavy atom. The highest BCUT2D eigenvalue weighted by molar-refractivity contribution is 7.89. The van der Waals surface area contributed by atoms with E-state index in [9.17, 15) is 13.2 Å². The summed E-state index contributed by atoms with van der Waals surface area (Å²) in [4.78, 5) is 12.7. The predicted octanol–water partition coefficient (Wildman–Crippen LogP) is 4.29. The summed E-state index contributed by atoms with van der Waals surface area (Å²) in [5, 5.41) is 12.4. The van der Waals surface area contributed by atoms with Gasteiger partial charge in [0.25, 0.3) is 5.91 Å². The fraction of sp³-hybridized carbons (Fsp3) is 0.250. The number of benzene rings is 2. The third-order valence-corrected chi connectivity index (χ3v) is 7.86. The topological polar surface area (TPSA) is 92.3 Å². The van der Waals surface area contributed by atoms with E-state index >= 15 is 0 Å². The first kappa shape index (κ1) is 20.9. The van der Waals surface area contributed by atoms with Crippen LogP contribution < -0.4 is 5.32 Å². The molecule has 0 spiro atoms. The molecule has 0 aliphatic carbocycles. The highest BCUT2D eigenvalue weighted by Gasteiger charge is 2.26. The van der Waals surface area contributed by atoms with E-state index in [-0.39, 0.29) is 10.8 Å². The molecule has 2 aromatic carbocycles. The highest BCUT2D eigenvalue weighted by Crippen LogP contribution is 2.28. The molecule has 156 valence electrons. The number of halogens is 1. The van der Waals surface area contributed by atoms with Crippen LogP contribution in [0, 0.1) is 0 Å². The molecule has 1 aliphatic heterocycles. The summed E-state index contributed by atoms with van der Waals surface area (Å²) in [5.74, 6) is -0.379. The van der Waals surface area contributed by atoms with Crippen LogP contribution in [0.15, 0.2) is 53.4 Å². The van der Waals surface area contributed by atoms with Gasteiger partial charge in [0.05, 0.1) is 4.90 Å². The minimum absolute atomic E-state index is 0.196. The number of sulfonamides is 1. The van der Waals surface area contributed by atoms with Gasteiger partial charge in [0.15, 0.2) is 0 Å². The Bertz CT molecular complexity index is 1140. The third kappa shape index (κ3) is 4.54. The Morgan fingerprint density at radius 1 is 0.967 bits per heavy atom. The van der Waals surface area contributed by atoms with E-state index in [1.807, 2.05) is 12.1 Å². The molecule has 10 heteroatoms. The SMILES string of the molecule is O=C(Nc1nnc(-c2ccc(Cl)cc2)s1)c1ccc(S(=O)(=O)N2CCCCC2)cc1. The van der Waals surface area contributed by atoms with Gasteiger partial charge in [0.2, 0.25) is 15.2 Å². The molecule has 30 heavy (non-hydrogen) atoms. The van der Waals surface area contributed by atoms with Gasteiger partial charge in [-0.25, -0.2) is 8.42 Å². The van der Waals surface area contributed by atoms with Crippen LogP contribution in [0.4, 0.5) is 5.13 Å². The average molecular weight is 463 g/mol. The van der Waals surface area contributed by atoms with E-state index in [2.05, 4.69) is 15.5 Å². The van der Waals surface area contributed by atoms with Crippen molar-refractivity contribution in [3.05, 3.63) is 59.1 Å². The van der Waals surface area contributed by atoms with Crippen molar-refractivity contribution >= 4 is 44.0 Å². The Morgan fingerprint density at radius 2 is 1.63 bits per heavy atom. The van der Waals surface area contributed by atoms with E-state index in [1.165, 1.54) is 39.9 Å². The number of aromatic nitrogens is 2. The van der Waals surface area contributed by atoms with Crippen molar-refractivity contribution in [1.29, 1.82) is 0 Å². The Labute approximate surface area is 183 Å². The molecule has 1 amide bonds. The van der Waals surface area contributed by atoms with Gasteiger partial charge in [-0.05, 0) is 49.2 Å². The fourth-order valence-corrected chi connectivity index (χ4v) is 5.57. The first-order valence-electron chi connectivity index (χ1n) is 9.44. The van der Waals surface area contributed by atoms with Crippen molar-refractivity contribution < 1.29 is 13.2 Å². The van der Waals surface area contributed by atoms with Gasteiger partial charge in [0.1, 0.15) is 5.01 Å². The summed E-state index contributed by atoms with van der Waals surface area (Å²) in [7, 11) is -3.52. The van der Waals surface area contributed by atoms with E-state index in [4.69, 9.17) is 11.6 Å². The van der Waals surface area contributed by atoms with Crippen LogP contribution in [0.5, 0.6) is 0 Å². The maximum Gasteiger partial charge on any atom is 0.257 e. The molecule has 0 atom stereocenters. The highest BCUT2D eigenvalue weighted by atomic mass is 35.5. The summed E-state index contributed by atoms with van der Waals surface area (Å²) in [5.41, 5.74) is 1.19. The van der Waals surface area contributed by atoms with Gasteiger partial charge >= 0.3 is 0 Å². The maximum atomic E-state index is 12.7. The number of piperidine rings is 1. The van der Waals surface area contributed by atoms with Crippen molar-refractivity contribution in [2.45, 2.75) is 24.2 Å². The minimum Gasteiger partial charge on any atom is -0.296 e. The van der Waals surface area contributed by atoms with Gasteiger partial charge in [-0.3, -0.25) is 10.1 Å². The average Bonchev–Trinajstić information content (AvgIpc) is 3.23. The number of carbonyl (C=O) groups excluding carboxylic acids is 1. The van der Waals surface area contributed by atoms with Crippen LogP contribution in [0.25, 0.3) is 10.6 Å². The summed E-state index contributed by atoms with van der Waals surface area (Å²) in [6.45, 7) is 1.08. The standard InChI is InChI=1S/C20H19ClN4O3S2/c21-16-8-4-15(5-9-16)19-23-24-20(29-19)22-18(26)14-6-10-17(11-7-14)30(27,28)25-12-2-1-3-13-25/h4-11H,1-3,12-13H2,(H,22,24,26). The molecule has 1 N–H and O–H groups in total. The third-order valence-electron chi connectivity index (χ3n) is 4.81. The quantitative estimate of drug-likeness (QED) is 0.610. The first-order valence-corrected chi connectivity index (χ1v) is 12.1. The number of hydrogen-bond acceptors (Lipinski definition) is 6. The summed E-state index contributed by atoms with van der Waals surface area (Å²) >= 11 is 7.14. The van der Waals surface area contributed by atoms with Crippen LogP contribution in [0.1, 0.15) is 29.6 Å². The monoisotopic (exact) mass is 462 g/mol. The second-order valence-electron chi connectivity index (χ2n) is 6.86. The normalized spacial score (nSPS) is 15.1. The Kier molecular flexibility index (Phi) is 6.14. The second-order valence-corrected chi connectivity index (χ2v) is 10.2. The number of nitrogens with one attached hydrogen (secondary N) is 1. The van der Waals surface area contributed by atoms with Crippen molar-refractivity contribution in [3.63, 3.8) is 0 Å². The summed E-state index contributed by atoms with van der Waals surface area (Å²) in [6.07, 6.45) is 2.80. The molecule has 7 nitrogen and oxygen atoms in total.